The highest BCUT2D eigenvalue weighted by Crippen LogP contribution is 2.23. The lowest BCUT2D eigenvalue weighted by atomic mass is 10.0. The molecular weight excluding hydrogens is 250 g/mol. The first-order valence-corrected chi connectivity index (χ1v) is 6.33. The van der Waals surface area contributed by atoms with Crippen molar-refractivity contribution in [1.82, 2.24) is 4.90 Å². The minimum absolute atomic E-state index is 0.113. The number of hydrogen-bond donors (Lipinski definition) is 1. The second-order valence-electron chi connectivity index (χ2n) is 4.29. The van der Waals surface area contributed by atoms with E-state index in [1.165, 1.54) is 0 Å². The molecule has 1 heterocycles. The molecule has 0 amide bonds. The summed E-state index contributed by atoms with van der Waals surface area (Å²) in [7, 11) is 0. The van der Waals surface area contributed by atoms with Gasteiger partial charge in [0.05, 0.1) is 12.7 Å². The summed E-state index contributed by atoms with van der Waals surface area (Å²) < 4.78 is 5.34. The van der Waals surface area contributed by atoms with E-state index in [4.69, 9.17) is 27.3 Å². The van der Waals surface area contributed by atoms with Gasteiger partial charge in [-0.05, 0) is 17.7 Å². The molecule has 1 aliphatic heterocycles. The number of nitrogens with zero attached hydrogens (tertiary/aromatic N) is 2. The van der Waals surface area contributed by atoms with Gasteiger partial charge in [0.1, 0.15) is 0 Å². The maximum Gasteiger partial charge on any atom is 0.156 e. The van der Waals surface area contributed by atoms with Gasteiger partial charge in [0, 0.05) is 30.7 Å². The van der Waals surface area contributed by atoms with Gasteiger partial charge in [-0.2, -0.15) is 5.26 Å². The molecule has 0 aliphatic carbocycles. The maximum atomic E-state index is 8.92. The fraction of sp³-hybridized carbons (Fsp3) is 0.462. The minimum Gasteiger partial charge on any atom is -0.361 e. The lowest BCUT2D eigenvalue weighted by Gasteiger charge is -2.36. The van der Waals surface area contributed by atoms with Crippen molar-refractivity contribution in [3.8, 4) is 6.07 Å². The molecule has 1 fully saturated rings. The Hall–Kier alpha value is -1.12. The van der Waals surface area contributed by atoms with Crippen molar-refractivity contribution in [2.24, 2.45) is 5.73 Å². The van der Waals surface area contributed by atoms with Crippen LogP contribution in [0.3, 0.4) is 0 Å². The first-order chi connectivity index (χ1) is 8.74. The van der Waals surface area contributed by atoms with Crippen LogP contribution in [0.1, 0.15) is 11.6 Å². The molecule has 5 heteroatoms. The van der Waals surface area contributed by atoms with Gasteiger partial charge in [-0.25, -0.2) is 0 Å². The normalized spacial score (nSPS) is 22.4. The molecule has 2 unspecified atom stereocenters. The van der Waals surface area contributed by atoms with Crippen LogP contribution in [-0.4, -0.2) is 37.2 Å². The zero-order chi connectivity index (χ0) is 13.0. The second-order valence-corrected chi connectivity index (χ2v) is 4.72. The molecule has 2 atom stereocenters. The maximum absolute atomic E-state index is 8.92. The molecule has 1 saturated heterocycles. The minimum atomic E-state index is -0.361. The molecule has 0 bridgehead atoms. The molecule has 1 aromatic carbocycles. The van der Waals surface area contributed by atoms with Crippen LogP contribution >= 0.6 is 11.6 Å². The van der Waals surface area contributed by atoms with Crippen molar-refractivity contribution >= 4 is 11.6 Å². The van der Waals surface area contributed by atoms with Gasteiger partial charge in [-0.15, -0.1) is 0 Å². The van der Waals surface area contributed by atoms with Crippen molar-refractivity contribution in [3.05, 3.63) is 34.9 Å². The number of hydrogen-bond acceptors (Lipinski definition) is 4. The number of morpholine rings is 1. The van der Waals surface area contributed by atoms with E-state index in [9.17, 15) is 0 Å². The van der Waals surface area contributed by atoms with E-state index in [1.54, 1.807) is 0 Å². The first-order valence-electron chi connectivity index (χ1n) is 5.95. The van der Waals surface area contributed by atoms with Gasteiger partial charge in [0.25, 0.3) is 0 Å². The Morgan fingerprint density at radius 3 is 2.83 bits per heavy atom. The Balaban J connectivity index is 2.13. The van der Waals surface area contributed by atoms with E-state index in [2.05, 4.69) is 11.0 Å². The standard InChI is InChI=1S/C13H16ClN3O/c14-11-3-1-10(2-4-11)13(8-16)17-5-6-18-12(7-15)9-17/h1-4,12-13H,5-6,8-9,16H2. The lowest BCUT2D eigenvalue weighted by Crippen LogP contribution is -2.45. The van der Waals surface area contributed by atoms with E-state index in [0.29, 0.717) is 24.7 Å². The molecule has 4 nitrogen and oxygen atoms in total. The monoisotopic (exact) mass is 265 g/mol. The van der Waals surface area contributed by atoms with Gasteiger partial charge < -0.3 is 10.5 Å². The quantitative estimate of drug-likeness (QED) is 0.901. The zero-order valence-corrected chi connectivity index (χ0v) is 10.8. The Bertz CT molecular complexity index is 429. The third kappa shape index (κ3) is 3.01. The van der Waals surface area contributed by atoms with Crippen molar-refractivity contribution in [2.75, 3.05) is 26.2 Å². The third-order valence-electron chi connectivity index (χ3n) is 3.16. The summed E-state index contributed by atoms with van der Waals surface area (Å²) in [6, 6.07) is 9.95. The van der Waals surface area contributed by atoms with Gasteiger partial charge >= 0.3 is 0 Å². The van der Waals surface area contributed by atoms with Crippen molar-refractivity contribution < 1.29 is 4.74 Å². The van der Waals surface area contributed by atoms with Crippen molar-refractivity contribution in [1.29, 1.82) is 5.26 Å². The average molecular weight is 266 g/mol. The highest BCUT2D eigenvalue weighted by Gasteiger charge is 2.26. The van der Waals surface area contributed by atoms with Crippen molar-refractivity contribution in [3.63, 3.8) is 0 Å². The van der Waals surface area contributed by atoms with E-state index < -0.39 is 0 Å². The fourth-order valence-corrected chi connectivity index (χ4v) is 2.34. The first kappa shape index (κ1) is 13.3. The zero-order valence-electron chi connectivity index (χ0n) is 10.1. The van der Waals surface area contributed by atoms with Crippen LogP contribution in [-0.2, 0) is 4.74 Å². The lowest BCUT2D eigenvalue weighted by molar-refractivity contribution is -0.0161. The van der Waals surface area contributed by atoms with Crippen LogP contribution < -0.4 is 5.73 Å². The van der Waals surface area contributed by atoms with E-state index in [1.807, 2.05) is 24.3 Å². The molecule has 1 aliphatic rings. The molecule has 1 aromatic rings. The summed E-state index contributed by atoms with van der Waals surface area (Å²) in [6.07, 6.45) is -0.361. The molecule has 2 N–H and O–H groups in total. The number of nitrogens with two attached hydrogens (primary N) is 1. The number of nitriles is 1. The third-order valence-corrected chi connectivity index (χ3v) is 3.41. The van der Waals surface area contributed by atoms with Crippen LogP contribution in [0.5, 0.6) is 0 Å². The Labute approximate surface area is 112 Å². The summed E-state index contributed by atoms with van der Waals surface area (Å²) in [5, 5.41) is 9.63. The Morgan fingerprint density at radius 2 is 2.22 bits per heavy atom. The SMILES string of the molecule is N#CC1CN(C(CN)c2ccc(Cl)cc2)CCO1. The molecule has 2 rings (SSSR count). The topological polar surface area (TPSA) is 62.3 Å². The largest absolute Gasteiger partial charge is 0.361 e. The van der Waals surface area contributed by atoms with Crippen LogP contribution in [0.25, 0.3) is 0 Å². The van der Waals surface area contributed by atoms with Gasteiger partial charge in [0.2, 0.25) is 0 Å². The summed E-state index contributed by atoms with van der Waals surface area (Å²) in [5.41, 5.74) is 6.99. The number of benzene rings is 1. The van der Waals surface area contributed by atoms with Crippen molar-refractivity contribution in [2.45, 2.75) is 12.1 Å². The summed E-state index contributed by atoms with van der Waals surface area (Å²) in [6.45, 7) is 2.48. The molecule has 0 aromatic heterocycles. The van der Waals surface area contributed by atoms with Crippen LogP contribution in [0.4, 0.5) is 0 Å². The molecule has 0 spiro atoms. The molecule has 96 valence electrons. The Kier molecular flexibility index (Phi) is 4.56. The summed E-state index contributed by atoms with van der Waals surface area (Å²) in [4.78, 5) is 2.20. The molecule has 18 heavy (non-hydrogen) atoms. The number of rotatable bonds is 3. The van der Waals surface area contributed by atoms with Gasteiger partial charge in [-0.1, -0.05) is 23.7 Å². The molecule has 0 saturated carbocycles. The van der Waals surface area contributed by atoms with Crippen LogP contribution in [0.2, 0.25) is 5.02 Å². The van der Waals surface area contributed by atoms with Gasteiger partial charge in [0.15, 0.2) is 6.10 Å². The highest BCUT2D eigenvalue weighted by molar-refractivity contribution is 6.30. The predicted octanol–water partition coefficient (Wildman–Crippen LogP) is 1.56. The number of halogens is 1. The van der Waals surface area contributed by atoms with Crippen LogP contribution in [0, 0.1) is 11.3 Å². The molecular formula is C13H16ClN3O. The fourth-order valence-electron chi connectivity index (χ4n) is 2.21. The number of ether oxygens (including phenoxy) is 1. The van der Waals surface area contributed by atoms with E-state index >= 15 is 0 Å². The van der Waals surface area contributed by atoms with Crippen LogP contribution in [0.15, 0.2) is 24.3 Å². The second kappa shape index (κ2) is 6.17. The van der Waals surface area contributed by atoms with E-state index in [0.717, 1.165) is 12.1 Å². The van der Waals surface area contributed by atoms with E-state index in [-0.39, 0.29) is 12.1 Å². The smallest absolute Gasteiger partial charge is 0.156 e. The molecule has 0 radical (unpaired) electrons. The predicted molar refractivity (Wildman–Crippen MR) is 70.2 cm³/mol. The summed E-state index contributed by atoms with van der Waals surface area (Å²) in [5.74, 6) is 0. The Morgan fingerprint density at radius 1 is 1.50 bits per heavy atom. The highest BCUT2D eigenvalue weighted by atomic mass is 35.5. The van der Waals surface area contributed by atoms with Gasteiger partial charge in [-0.3, -0.25) is 4.90 Å². The summed E-state index contributed by atoms with van der Waals surface area (Å²) >= 11 is 5.88. The average Bonchev–Trinajstić information content (AvgIpc) is 2.42.